The van der Waals surface area contributed by atoms with Gasteiger partial charge in [-0.2, -0.15) is 4.98 Å². The summed E-state index contributed by atoms with van der Waals surface area (Å²) in [5.41, 5.74) is 0.398. The molecule has 212 valence electrons. The number of hydrogen-bond acceptors (Lipinski definition) is 11. The molecule has 1 unspecified atom stereocenters. The summed E-state index contributed by atoms with van der Waals surface area (Å²) in [6, 6.07) is 10.4. The highest BCUT2D eigenvalue weighted by atomic mass is 16.6. The number of aromatic nitrogens is 3. The lowest BCUT2D eigenvalue weighted by molar-refractivity contribution is -0.118. The number of fused-ring (bicyclic) bond motifs is 3. The zero-order valence-electron chi connectivity index (χ0n) is 22.1. The van der Waals surface area contributed by atoms with E-state index >= 15 is 0 Å². The highest BCUT2D eigenvalue weighted by Gasteiger charge is 2.46. The fourth-order valence-corrected chi connectivity index (χ4v) is 5.96. The number of methoxy groups -OCH3 is 1. The maximum Gasteiger partial charge on any atom is 0.263 e. The topological polar surface area (TPSA) is 152 Å². The monoisotopic (exact) mass is 552 g/mol. The molecule has 40 heavy (non-hydrogen) atoms. The Balaban J connectivity index is 1.17. The summed E-state index contributed by atoms with van der Waals surface area (Å²) in [6.07, 6.45) is 0.725. The van der Waals surface area contributed by atoms with Gasteiger partial charge in [0.15, 0.2) is 18.2 Å². The van der Waals surface area contributed by atoms with Gasteiger partial charge in [0.05, 0.1) is 25.9 Å². The molecule has 1 saturated carbocycles. The smallest absolute Gasteiger partial charge is 0.263 e. The van der Waals surface area contributed by atoms with Crippen molar-refractivity contribution in [3.05, 3.63) is 46.8 Å². The van der Waals surface area contributed by atoms with Crippen LogP contribution >= 0.6 is 0 Å². The van der Waals surface area contributed by atoms with Gasteiger partial charge in [0.1, 0.15) is 11.5 Å². The number of aliphatic hydroxyl groups is 2. The predicted octanol–water partition coefficient (Wildman–Crippen LogP) is 0.528. The first-order valence-corrected chi connectivity index (χ1v) is 13.4. The number of nitrogens with one attached hydrogen (secondary N) is 1. The van der Waals surface area contributed by atoms with Crippen molar-refractivity contribution in [1.29, 1.82) is 0 Å². The van der Waals surface area contributed by atoms with Crippen molar-refractivity contribution in [3.8, 4) is 11.6 Å². The van der Waals surface area contributed by atoms with Gasteiger partial charge in [-0.05, 0) is 43.5 Å². The van der Waals surface area contributed by atoms with Crippen LogP contribution in [0.25, 0.3) is 11.0 Å². The van der Waals surface area contributed by atoms with E-state index in [0.29, 0.717) is 55.0 Å². The van der Waals surface area contributed by atoms with Crippen molar-refractivity contribution >= 4 is 28.6 Å². The summed E-state index contributed by atoms with van der Waals surface area (Å²) in [4.78, 5) is 37.4. The van der Waals surface area contributed by atoms with Crippen LogP contribution in [0.1, 0.15) is 19.3 Å². The third-order valence-electron chi connectivity index (χ3n) is 7.88. The Labute approximate surface area is 229 Å². The Morgan fingerprint density at radius 2 is 1.98 bits per heavy atom. The Kier molecular flexibility index (Phi) is 7.27. The van der Waals surface area contributed by atoms with Gasteiger partial charge < -0.3 is 34.6 Å². The number of ether oxygens (including phenoxy) is 3. The van der Waals surface area contributed by atoms with Gasteiger partial charge in [-0.1, -0.05) is 0 Å². The molecule has 0 bridgehead atoms. The van der Waals surface area contributed by atoms with Gasteiger partial charge in [0, 0.05) is 43.2 Å². The van der Waals surface area contributed by atoms with E-state index < -0.39 is 6.41 Å². The normalized spacial score (nSPS) is 24.0. The minimum absolute atomic E-state index is 0.0243. The summed E-state index contributed by atoms with van der Waals surface area (Å²) in [7, 11) is 1.54. The lowest BCUT2D eigenvalue weighted by Gasteiger charge is -2.39. The number of anilines is 2. The SMILES string of the molecule is COc1ccc2ccc(=O)n(CCN(CCO)[C@H]3CC[C@H]4[C@@H](C3)OC(O)N4c3ccc4c(n3)NC(=O)CO4)c2n1. The molecule has 3 aliphatic rings. The lowest BCUT2D eigenvalue weighted by Crippen LogP contribution is -2.49. The Bertz CT molecular complexity index is 1470. The maximum atomic E-state index is 12.8. The minimum atomic E-state index is -1.18. The van der Waals surface area contributed by atoms with E-state index in [1.807, 2.05) is 6.07 Å². The van der Waals surface area contributed by atoms with Crippen LogP contribution in [0.2, 0.25) is 0 Å². The zero-order valence-corrected chi connectivity index (χ0v) is 22.1. The average molecular weight is 553 g/mol. The lowest BCUT2D eigenvalue weighted by atomic mass is 9.87. The van der Waals surface area contributed by atoms with Gasteiger partial charge in [-0.3, -0.25) is 19.1 Å². The summed E-state index contributed by atoms with van der Waals surface area (Å²) in [6.45, 7) is 1.28. The van der Waals surface area contributed by atoms with Crippen molar-refractivity contribution in [1.82, 2.24) is 19.4 Å². The minimum Gasteiger partial charge on any atom is -0.481 e. The second-order valence-corrected chi connectivity index (χ2v) is 10.1. The van der Waals surface area contributed by atoms with E-state index in [1.54, 1.807) is 33.7 Å². The predicted molar refractivity (Wildman–Crippen MR) is 144 cm³/mol. The molecule has 0 aromatic carbocycles. The first kappa shape index (κ1) is 26.4. The van der Waals surface area contributed by atoms with Gasteiger partial charge in [0.25, 0.3) is 11.5 Å². The Morgan fingerprint density at radius 3 is 2.80 bits per heavy atom. The van der Waals surface area contributed by atoms with E-state index in [2.05, 4.69) is 20.2 Å². The largest absolute Gasteiger partial charge is 0.481 e. The van der Waals surface area contributed by atoms with Crippen LogP contribution in [0.3, 0.4) is 0 Å². The third kappa shape index (κ3) is 4.96. The van der Waals surface area contributed by atoms with E-state index in [1.165, 1.54) is 13.2 Å². The highest BCUT2D eigenvalue weighted by Crippen LogP contribution is 2.39. The number of pyridine rings is 3. The molecule has 5 heterocycles. The van der Waals surface area contributed by atoms with Crippen LogP contribution in [-0.2, 0) is 16.1 Å². The number of nitrogens with zero attached hydrogens (tertiary/aromatic N) is 5. The molecule has 1 amide bonds. The van der Waals surface area contributed by atoms with Crippen LogP contribution < -0.4 is 25.2 Å². The molecule has 1 aliphatic carbocycles. The zero-order chi connectivity index (χ0) is 27.8. The van der Waals surface area contributed by atoms with Crippen LogP contribution in [0.15, 0.2) is 41.2 Å². The van der Waals surface area contributed by atoms with Gasteiger partial charge in [0.2, 0.25) is 12.3 Å². The van der Waals surface area contributed by atoms with Crippen LogP contribution in [0.5, 0.6) is 11.6 Å². The number of carbonyl (C=O) groups is 1. The molecule has 3 aromatic heterocycles. The van der Waals surface area contributed by atoms with Crippen LogP contribution in [-0.4, -0.2) is 93.6 Å². The Morgan fingerprint density at radius 1 is 1.12 bits per heavy atom. The molecule has 2 fully saturated rings. The molecule has 4 atom stereocenters. The molecule has 3 aromatic rings. The molecular weight excluding hydrogens is 520 g/mol. The second-order valence-electron chi connectivity index (χ2n) is 10.1. The fraction of sp³-hybridized carbons (Fsp3) is 0.481. The molecule has 0 spiro atoms. The van der Waals surface area contributed by atoms with Crippen molar-refractivity contribution in [2.75, 3.05) is 43.6 Å². The number of rotatable bonds is 8. The molecule has 13 nitrogen and oxygen atoms in total. The molecular formula is C27H32N6O7. The van der Waals surface area contributed by atoms with E-state index in [0.717, 1.165) is 18.2 Å². The number of hydrogen-bond donors (Lipinski definition) is 3. The van der Waals surface area contributed by atoms with Crippen molar-refractivity contribution in [2.45, 2.75) is 50.4 Å². The van der Waals surface area contributed by atoms with Gasteiger partial charge >= 0.3 is 0 Å². The fourth-order valence-electron chi connectivity index (χ4n) is 5.96. The summed E-state index contributed by atoms with van der Waals surface area (Å²) < 4.78 is 18.3. The number of aliphatic hydroxyl groups excluding tert-OH is 2. The second kappa shape index (κ2) is 11.0. The maximum absolute atomic E-state index is 12.8. The summed E-state index contributed by atoms with van der Waals surface area (Å²) in [5.74, 6) is 1.45. The molecule has 0 radical (unpaired) electrons. The van der Waals surface area contributed by atoms with E-state index in [4.69, 9.17) is 14.2 Å². The van der Waals surface area contributed by atoms with Crippen LogP contribution in [0.4, 0.5) is 11.6 Å². The quantitative estimate of drug-likeness (QED) is 0.359. The van der Waals surface area contributed by atoms with Crippen molar-refractivity contribution in [3.63, 3.8) is 0 Å². The number of carbonyl (C=O) groups excluding carboxylic acids is 1. The van der Waals surface area contributed by atoms with Crippen LogP contribution in [0, 0.1) is 0 Å². The highest BCUT2D eigenvalue weighted by molar-refractivity contribution is 5.94. The molecule has 3 N–H and O–H groups in total. The third-order valence-corrected chi connectivity index (χ3v) is 7.88. The average Bonchev–Trinajstić information content (AvgIpc) is 3.30. The molecule has 2 aliphatic heterocycles. The first-order valence-electron chi connectivity index (χ1n) is 13.4. The standard InChI is InChI=1S/C27H32N6O7/c1-38-23-8-2-16-3-9-24(36)32(26(16)30-23)11-10-31(12-13-34)17-4-5-18-20(14-17)40-27(37)33(18)21-7-6-19-25(28-21)29-22(35)15-39-19/h2-3,6-9,17-18,20,27,34,37H,4-5,10-15H2,1H3,(H,28,29,35)/t17-,18-,20+,27?/m0/s1. The first-order chi connectivity index (χ1) is 19.4. The van der Waals surface area contributed by atoms with Gasteiger partial charge in [-0.15, -0.1) is 0 Å². The van der Waals surface area contributed by atoms with E-state index in [9.17, 15) is 19.8 Å². The van der Waals surface area contributed by atoms with Crippen molar-refractivity contribution < 1.29 is 29.2 Å². The van der Waals surface area contributed by atoms with E-state index in [-0.39, 0.29) is 42.9 Å². The summed E-state index contributed by atoms with van der Waals surface area (Å²) in [5, 5.41) is 24.2. The molecule has 13 heteroatoms. The Hall–Kier alpha value is -3.78. The number of amides is 1. The van der Waals surface area contributed by atoms with Crippen molar-refractivity contribution in [2.24, 2.45) is 0 Å². The molecule has 6 rings (SSSR count). The van der Waals surface area contributed by atoms with Gasteiger partial charge in [-0.25, -0.2) is 4.98 Å². The molecule has 1 saturated heterocycles. The summed E-state index contributed by atoms with van der Waals surface area (Å²) >= 11 is 0.